The Kier molecular flexibility index (Phi) is 7.33. The molecule has 1 aliphatic rings. The van der Waals surface area contributed by atoms with Gasteiger partial charge in [0.05, 0.1) is 24.5 Å². The molecule has 0 spiro atoms. The van der Waals surface area contributed by atoms with Crippen LogP contribution in [0, 0.1) is 5.41 Å². The SMILES string of the molecule is CC(C)(C)OC(=O)NC1CN(C(=O)C(C)(C)C)c2ccccc2N(CC(=O)c2ccccc2)C1=O. The monoisotopic (exact) mass is 479 g/mol. The number of ether oxygens (including phenoxy) is 1. The summed E-state index contributed by atoms with van der Waals surface area (Å²) >= 11 is 0. The Morgan fingerprint density at radius 3 is 2.06 bits per heavy atom. The van der Waals surface area contributed by atoms with Crippen molar-refractivity contribution in [2.45, 2.75) is 53.2 Å². The van der Waals surface area contributed by atoms with Crippen molar-refractivity contribution in [2.75, 3.05) is 22.9 Å². The third-order valence-corrected chi connectivity index (χ3v) is 5.37. The molecule has 35 heavy (non-hydrogen) atoms. The summed E-state index contributed by atoms with van der Waals surface area (Å²) in [6.45, 7) is 10.2. The topological polar surface area (TPSA) is 96.0 Å². The first-order valence-corrected chi connectivity index (χ1v) is 11.6. The van der Waals surface area contributed by atoms with Gasteiger partial charge in [-0.1, -0.05) is 63.2 Å². The lowest BCUT2D eigenvalue weighted by Gasteiger charge is -2.31. The average molecular weight is 480 g/mol. The van der Waals surface area contributed by atoms with Gasteiger partial charge in [0.1, 0.15) is 11.6 Å². The van der Waals surface area contributed by atoms with E-state index < -0.39 is 29.1 Å². The number of carbonyl (C=O) groups excluding carboxylic acids is 4. The molecule has 0 saturated heterocycles. The van der Waals surface area contributed by atoms with E-state index >= 15 is 0 Å². The molecule has 0 bridgehead atoms. The van der Waals surface area contributed by atoms with Crippen LogP contribution in [0.3, 0.4) is 0 Å². The summed E-state index contributed by atoms with van der Waals surface area (Å²) in [5.74, 6) is -0.984. The zero-order valence-corrected chi connectivity index (χ0v) is 21.1. The number of para-hydroxylation sites is 2. The summed E-state index contributed by atoms with van der Waals surface area (Å²) in [6, 6.07) is 14.5. The highest BCUT2D eigenvalue weighted by Gasteiger charge is 2.40. The van der Waals surface area contributed by atoms with Crippen LogP contribution >= 0.6 is 0 Å². The van der Waals surface area contributed by atoms with Crippen LogP contribution in [0.4, 0.5) is 16.2 Å². The Balaban J connectivity index is 2.06. The number of hydrogen-bond donors (Lipinski definition) is 1. The molecular weight excluding hydrogens is 446 g/mol. The fraction of sp³-hybridized carbons (Fsp3) is 0.407. The molecule has 1 N–H and O–H groups in total. The van der Waals surface area contributed by atoms with Gasteiger partial charge < -0.3 is 19.9 Å². The van der Waals surface area contributed by atoms with Gasteiger partial charge in [-0.05, 0) is 32.9 Å². The summed E-state index contributed by atoms with van der Waals surface area (Å²) in [5, 5.41) is 2.62. The average Bonchev–Trinajstić information content (AvgIpc) is 2.88. The molecular formula is C27H33N3O5. The zero-order chi connectivity index (χ0) is 26.0. The lowest BCUT2D eigenvalue weighted by molar-refractivity contribution is -0.126. The van der Waals surface area contributed by atoms with Crippen molar-refractivity contribution >= 4 is 35.1 Å². The maximum atomic E-state index is 13.8. The van der Waals surface area contributed by atoms with Gasteiger partial charge in [0.15, 0.2) is 5.78 Å². The number of rotatable bonds is 4. The molecule has 8 heteroatoms. The van der Waals surface area contributed by atoms with Crippen LogP contribution in [-0.2, 0) is 14.3 Å². The highest BCUT2D eigenvalue weighted by molar-refractivity contribution is 6.12. The van der Waals surface area contributed by atoms with Crippen LogP contribution in [0.15, 0.2) is 54.6 Å². The molecule has 0 radical (unpaired) electrons. The van der Waals surface area contributed by atoms with Crippen molar-refractivity contribution in [3.63, 3.8) is 0 Å². The summed E-state index contributed by atoms with van der Waals surface area (Å²) in [6.07, 6.45) is -0.778. The number of carbonyl (C=O) groups is 4. The van der Waals surface area contributed by atoms with Crippen molar-refractivity contribution in [1.29, 1.82) is 0 Å². The Hall–Kier alpha value is -3.68. The van der Waals surface area contributed by atoms with E-state index in [0.717, 1.165) is 0 Å². The van der Waals surface area contributed by atoms with Crippen molar-refractivity contribution in [3.8, 4) is 0 Å². The van der Waals surface area contributed by atoms with Gasteiger partial charge in [-0.3, -0.25) is 14.4 Å². The van der Waals surface area contributed by atoms with Gasteiger partial charge in [-0.25, -0.2) is 4.79 Å². The predicted octanol–water partition coefficient (Wildman–Crippen LogP) is 4.19. The maximum absolute atomic E-state index is 13.8. The molecule has 2 aromatic rings. The van der Waals surface area contributed by atoms with Crippen LogP contribution in [0.2, 0.25) is 0 Å². The minimum atomic E-state index is -1.12. The first-order chi connectivity index (χ1) is 16.3. The van der Waals surface area contributed by atoms with Crippen LogP contribution in [-0.4, -0.2) is 48.4 Å². The third kappa shape index (κ3) is 6.26. The predicted molar refractivity (Wildman–Crippen MR) is 135 cm³/mol. The Bertz CT molecular complexity index is 1120. The van der Waals surface area contributed by atoms with Gasteiger partial charge in [0.2, 0.25) is 5.91 Å². The molecule has 2 aromatic carbocycles. The number of amides is 3. The highest BCUT2D eigenvalue weighted by atomic mass is 16.6. The molecule has 0 aromatic heterocycles. The zero-order valence-electron chi connectivity index (χ0n) is 21.1. The number of ketones is 1. The van der Waals surface area contributed by atoms with E-state index in [1.165, 1.54) is 9.80 Å². The number of anilines is 2. The van der Waals surface area contributed by atoms with Gasteiger partial charge in [-0.15, -0.1) is 0 Å². The van der Waals surface area contributed by atoms with E-state index in [1.54, 1.807) is 96.1 Å². The molecule has 0 fully saturated rings. The minimum absolute atomic E-state index is 0.0960. The standard InChI is InChI=1S/C27H33N3O5/c1-26(2,3)24(33)30-16-19(28-25(34)35-27(4,5)6)23(32)29(20-14-10-11-15-21(20)30)17-22(31)18-12-8-7-9-13-18/h7-15,19H,16-17H2,1-6H3,(H,28,34). The first-order valence-electron chi connectivity index (χ1n) is 11.6. The summed E-state index contributed by atoms with van der Waals surface area (Å²) in [5.41, 5.74) is -0.142. The van der Waals surface area contributed by atoms with Crippen molar-refractivity contribution in [2.24, 2.45) is 5.41 Å². The molecule has 3 amide bonds. The van der Waals surface area contributed by atoms with E-state index in [4.69, 9.17) is 4.74 Å². The van der Waals surface area contributed by atoms with Crippen molar-refractivity contribution in [3.05, 3.63) is 60.2 Å². The Morgan fingerprint density at radius 2 is 1.49 bits per heavy atom. The van der Waals surface area contributed by atoms with E-state index in [-0.39, 0.29) is 24.8 Å². The van der Waals surface area contributed by atoms with Gasteiger partial charge >= 0.3 is 6.09 Å². The summed E-state index contributed by atoms with van der Waals surface area (Å²) < 4.78 is 5.36. The lowest BCUT2D eigenvalue weighted by atomic mass is 9.94. The van der Waals surface area contributed by atoms with Crippen LogP contribution in [0.5, 0.6) is 0 Å². The van der Waals surface area contributed by atoms with Gasteiger partial charge in [-0.2, -0.15) is 0 Å². The smallest absolute Gasteiger partial charge is 0.408 e. The number of nitrogens with zero attached hydrogens (tertiary/aromatic N) is 2. The molecule has 1 aliphatic heterocycles. The van der Waals surface area contributed by atoms with E-state index in [0.29, 0.717) is 16.9 Å². The number of nitrogens with one attached hydrogen (secondary N) is 1. The van der Waals surface area contributed by atoms with Crippen molar-refractivity contribution in [1.82, 2.24) is 5.32 Å². The van der Waals surface area contributed by atoms with Gasteiger partial charge in [0, 0.05) is 11.0 Å². The third-order valence-electron chi connectivity index (χ3n) is 5.37. The summed E-state index contributed by atoms with van der Waals surface area (Å²) in [4.78, 5) is 55.7. The van der Waals surface area contributed by atoms with Crippen LogP contribution < -0.4 is 15.1 Å². The number of hydrogen-bond acceptors (Lipinski definition) is 5. The van der Waals surface area contributed by atoms with E-state index in [2.05, 4.69) is 5.32 Å². The van der Waals surface area contributed by atoms with Crippen LogP contribution in [0.25, 0.3) is 0 Å². The minimum Gasteiger partial charge on any atom is -0.444 e. The Labute approximate surface area is 206 Å². The van der Waals surface area contributed by atoms with Gasteiger partial charge in [0.25, 0.3) is 5.91 Å². The molecule has 1 unspecified atom stereocenters. The number of alkyl carbamates (subject to hydrolysis) is 1. The lowest BCUT2D eigenvalue weighted by Crippen LogP contribution is -2.55. The largest absolute Gasteiger partial charge is 0.444 e. The molecule has 0 saturated carbocycles. The molecule has 8 nitrogen and oxygen atoms in total. The first kappa shape index (κ1) is 25.9. The molecule has 1 atom stereocenters. The van der Waals surface area contributed by atoms with E-state index in [9.17, 15) is 19.2 Å². The fourth-order valence-electron chi connectivity index (χ4n) is 3.76. The number of fused-ring (bicyclic) bond motifs is 1. The molecule has 3 rings (SSSR count). The maximum Gasteiger partial charge on any atom is 0.408 e. The number of Topliss-reactive ketones (excluding diaryl/α,β-unsaturated/α-hetero) is 1. The number of benzene rings is 2. The normalized spacial score (nSPS) is 16.3. The second-order valence-corrected chi connectivity index (χ2v) is 10.6. The second kappa shape index (κ2) is 9.90. The molecule has 0 aliphatic carbocycles. The summed E-state index contributed by atoms with van der Waals surface area (Å²) in [7, 11) is 0. The fourth-order valence-corrected chi connectivity index (χ4v) is 3.76. The van der Waals surface area contributed by atoms with Crippen LogP contribution in [0.1, 0.15) is 51.9 Å². The molecule has 1 heterocycles. The van der Waals surface area contributed by atoms with Crippen molar-refractivity contribution < 1.29 is 23.9 Å². The Morgan fingerprint density at radius 1 is 0.914 bits per heavy atom. The highest BCUT2D eigenvalue weighted by Crippen LogP contribution is 2.35. The molecule has 186 valence electrons. The van der Waals surface area contributed by atoms with E-state index in [1.807, 2.05) is 0 Å². The quantitative estimate of drug-likeness (QED) is 0.664. The second-order valence-electron chi connectivity index (χ2n) is 10.6.